The second-order valence-electron chi connectivity index (χ2n) is 6.69. The third kappa shape index (κ3) is 4.93. The van der Waals surface area contributed by atoms with Crippen molar-refractivity contribution in [3.05, 3.63) is 106 Å². The molecule has 0 fully saturated rings. The molecule has 10 heteroatoms. The van der Waals surface area contributed by atoms with E-state index < -0.39 is 10.7 Å². The summed E-state index contributed by atoms with van der Waals surface area (Å²) in [6.45, 7) is 0.231. The lowest BCUT2D eigenvalue weighted by molar-refractivity contribution is -0.384. The van der Waals surface area contributed by atoms with E-state index in [2.05, 4.69) is 15.4 Å². The summed E-state index contributed by atoms with van der Waals surface area (Å²) >= 11 is 0. The largest absolute Gasteiger partial charge is 0.439 e. The van der Waals surface area contributed by atoms with Gasteiger partial charge in [0.15, 0.2) is 0 Å². The molecule has 0 aliphatic carbocycles. The first-order chi connectivity index (χ1) is 15.5. The first-order valence-corrected chi connectivity index (χ1v) is 9.44. The van der Waals surface area contributed by atoms with Crippen molar-refractivity contribution in [1.82, 2.24) is 20.1 Å². The van der Waals surface area contributed by atoms with Crippen molar-refractivity contribution in [3.63, 3.8) is 0 Å². The van der Waals surface area contributed by atoms with Crippen LogP contribution in [0.15, 0.2) is 79.3 Å². The highest BCUT2D eigenvalue weighted by atomic mass is 19.1. The Bertz CT molecular complexity index is 1260. The average molecular weight is 433 g/mol. The number of benzene rings is 2. The van der Waals surface area contributed by atoms with Crippen molar-refractivity contribution in [1.29, 1.82) is 0 Å². The summed E-state index contributed by atoms with van der Waals surface area (Å²) < 4.78 is 20.2. The van der Waals surface area contributed by atoms with E-state index in [9.17, 15) is 19.3 Å². The number of pyridine rings is 1. The fourth-order valence-corrected chi connectivity index (χ4v) is 2.82. The van der Waals surface area contributed by atoms with Crippen LogP contribution in [0.4, 0.5) is 10.1 Å². The molecule has 0 aliphatic rings. The van der Waals surface area contributed by atoms with Gasteiger partial charge in [0, 0.05) is 43.2 Å². The van der Waals surface area contributed by atoms with Gasteiger partial charge in [0.25, 0.3) is 11.6 Å². The summed E-state index contributed by atoms with van der Waals surface area (Å²) in [4.78, 5) is 26.8. The van der Waals surface area contributed by atoms with Gasteiger partial charge in [-0.25, -0.2) is 14.1 Å². The Morgan fingerprint density at radius 2 is 1.94 bits per heavy atom. The maximum Gasteiger partial charge on any atom is 0.269 e. The number of non-ortho nitro benzene ring substituents is 1. The van der Waals surface area contributed by atoms with Gasteiger partial charge in [-0.3, -0.25) is 14.9 Å². The van der Waals surface area contributed by atoms with Crippen LogP contribution in [-0.2, 0) is 6.54 Å². The van der Waals surface area contributed by atoms with Crippen LogP contribution in [0.1, 0.15) is 15.9 Å². The van der Waals surface area contributed by atoms with Crippen LogP contribution >= 0.6 is 0 Å². The number of hydrogen-bond acceptors (Lipinski definition) is 6. The van der Waals surface area contributed by atoms with Crippen LogP contribution < -0.4 is 10.1 Å². The Balaban J connectivity index is 1.34. The molecule has 0 bridgehead atoms. The highest BCUT2D eigenvalue weighted by Gasteiger charge is 2.11. The van der Waals surface area contributed by atoms with Gasteiger partial charge in [-0.1, -0.05) is 12.1 Å². The molecule has 160 valence electrons. The van der Waals surface area contributed by atoms with Crippen molar-refractivity contribution in [2.75, 3.05) is 0 Å². The number of nitro benzene ring substituents is 1. The third-order valence-electron chi connectivity index (χ3n) is 4.44. The lowest BCUT2D eigenvalue weighted by atomic mass is 10.2. The number of amides is 1. The molecule has 32 heavy (non-hydrogen) atoms. The van der Waals surface area contributed by atoms with Gasteiger partial charge < -0.3 is 10.1 Å². The predicted octanol–water partition coefficient (Wildman–Crippen LogP) is 4.04. The van der Waals surface area contributed by atoms with E-state index in [1.54, 1.807) is 42.6 Å². The van der Waals surface area contributed by atoms with Gasteiger partial charge >= 0.3 is 0 Å². The van der Waals surface area contributed by atoms with Gasteiger partial charge in [0.05, 0.1) is 22.4 Å². The minimum Gasteiger partial charge on any atom is -0.439 e. The number of nitrogens with zero attached hydrogens (tertiary/aromatic N) is 4. The van der Waals surface area contributed by atoms with Gasteiger partial charge in [0.1, 0.15) is 11.6 Å². The number of carbonyl (C=O) groups excluding carboxylic acids is 1. The first-order valence-electron chi connectivity index (χ1n) is 9.44. The Hall–Kier alpha value is -4.60. The monoisotopic (exact) mass is 433 g/mol. The average Bonchev–Trinajstić information content (AvgIpc) is 3.29. The quantitative estimate of drug-likeness (QED) is 0.348. The second kappa shape index (κ2) is 9.04. The van der Waals surface area contributed by atoms with E-state index in [4.69, 9.17) is 4.74 Å². The lowest BCUT2D eigenvalue weighted by Gasteiger charge is -2.07. The number of ether oxygens (including phenoxy) is 1. The maximum atomic E-state index is 13.2. The van der Waals surface area contributed by atoms with Crippen LogP contribution in [0.2, 0.25) is 0 Å². The molecule has 2 aromatic heterocycles. The van der Waals surface area contributed by atoms with Crippen LogP contribution in [-0.4, -0.2) is 25.6 Å². The zero-order valence-corrected chi connectivity index (χ0v) is 16.5. The molecule has 2 heterocycles. The summed E-state index contributed by atoms with van der Waals surface area (Å²) in [6, 6.07) is 14.9. The fraction of sp³-hybridized carbons (Fsp3) is 0.0455. The molecule has 4 aromatic rings. The Morgan fingerprint density at radius 3 is 2.62 bits per heavy atom. The summed E-state index contributed by atoms with van der Waals surface area (Å²) in [7, 11) is 0. The SMILES string of the molecule is O=C(NCc1ccc(Oc2cccc(F)c2)nc1)c1cnn(-c2ccc([N+](=O)[O-])cc2)c1. The van der Waals surface area contributed by atoms with E-state index in [-0.39, 0.29) is 18.1 Å². The minimum absolute atomic E-state index is 0.0279. The van der Waals surface area contributed by atoms with Crippen molar-refractivity contribution in [2.24, 2.45) is 0 Å². The van der Waals surface area contributed by atoms with Crippen molar-refractivity contribution >= 4 is 11.6 Å². The molecule has 4 rings (SSSR count). The van der Waals surface area contributed by atoms with Crippen molar-refractivity contribution < 1.29 is 18.8 Å². The summed E-state index contributed by atoms with van der Waals surface area (Å²) in [6.07, 6.45) is 4.49. The Labute approximate surface area is 181 Å². The standard InChI is InChI=1S/C22H16FN5O4/c23-17-2-1-3-20(10-17)32-21-9-4-15(11-24-21)12-25-22(29)16-13-26-27(14-16)18-5-7-19(8-6-18)28(30)31/h1-11,13-14H,12H2,(H,25,29). The summed E-state index contributed by atoms with van der Waals surface area (Å²) in [5, 5.41) is 17.6. The van der Waals surface area contributed by atoms with E-state index in [0.717, 1.165) is 5.56 Å². The van der Waals surface area contributed by atoms with Gasteiger partial charge in [-0.05, 0) is 29.8 Å². The highest BCUT2D eigenvalue weighted by Crippen LogP contribution is 2.20. The van der Waals surface area contributed by atoms with E-state index in [1.165, 1.54) is 41.3 Å². The minimum atomic E-state index is -0.485. The zero-order valence-electron chi connectivity index (χ0n) is 16.5. The molecular weight excluding hydrogens is 417 g/mol. The van der Waals surface area contributed by atoms with Crippen molar-refractivity contribution in [3.8, 4) is 17.3 Å². The molecule has 0 saturated carbocycles. The summed E-state index contributed by atoms with van der Waals surface area (Å²) in [5.74, 6) is -0.101. The van der Waals surface area contributed by atoms with Gasteiger partial charge in [-0.15, -0.1) is 0 Å². The molecule has 0 unspecified atom stereocenters. The molecule has 0 atom stereocenters. The normalized spacial score (nSPS) is 10.5. The van der Waals surface area contributed by atoms with E-state index in [0.29, 0.717) is 22.9 Å². The number of aromatic nitrogens is 3. The molecule has 9 nitrogen and oxygen atoms in total. The number of rotatable bonds is 7. The van der Waals surface area contributed by atoms with Crippen LogP contribution in [0.5, 0.6) is 11.6 Å². The van der Waals surface area contributed by atoms with Gasteiger partial charge in [-0.2, -0.15) is 5.10 Å². The molecule has 2 aromatic carbocycles. The van der Waals surface area contributed by atoms with E-state index in [1.807, 2.05) is 0 Å². The first kappa shape index (κ1) is 20.7. The fourth-order valence-electron chi connectivity index (χ4n) is 2.82. The molecule has 0 spiro atoms. The van der Waals surface area contributed by atoms with Crippen LogP contribution in [0.3, 0.4) is 0 Å². The van der Waals surface area contributed by atoms with E-state index >= 15 is 0 Å². The third-order valence-corrected chi connectivity index (χ3v) is 4.44. The number of carbonyl (C=O) groups is 1. The number of nitrogens with one attached hydrogen (secondary N) is 1. The molecule has 0 aliphatic heterocycles. The Kier molecular flexibility index (Phi) is 5.84. The summed E-state index contributed by atoms with van der Waals surface area (Å²) in [5.41, 5.74) is 1.64. The molecule has 0 saturated heterocycles. The number of hydrogen-bond donors (Lipinski definition) is 1. The maximum absolute atomic E-state index is 13.2. The lowest BCUT2D eigenvalue weighted by Crippen LogP contribution is -2.22. The molecule has 0 radical (unpaired) electrons. The highest BCUT2D eigenvalue weighted by molar-refractivity contribution is 5.93. The number of nitro groups is 1. The smallest absolute Gasteiger partial charge is 0.269 e. The second-order valence-corrected chi connectivity index (χ2v) is 6.69. The molecule has 1 N–H and O–H groups in total. The predicted molar refractivity (Wildman–Crippen MR) is 112 cm³/mol. The van der Waals surface area contributed by atoms with Gasteiger partial charge in [0.2, 0.25) is 5.88 Å². The molecular formula is C22H16FN5O4. The zero-order chi connectivity index (χ0) is 22.5. The topological polar surface area (TPSA) is 112 Å². The van der Waals surface area contributed by atoms with Crippen LogP contribution in [0.25, 0.3) is 5.69 Å². The van der Waals surface area contributed by atoms with Crippen molar-refractivity contribution in [2.45, 2.75) is 6.54 Å². The number of halogens is 1. The molecule has 1 amide bonds. The Morgan fingerprint density at radius 1 is 1.12 bits per heavy atom. The van der Waals surface area contributed by atoms with Crippen LogP contribution in [0, 0.1) is 15.9 Å².